The lowest BCUT2D eigenvalue weighted by molar-refractivity contribution is -0.125. The van der Waals surface area contributed by atoms with Gasteiger partial charge in [-0.25, -0.2) is 0 Å². The summed E-state index contributed by atoms with van der Waals surface area (Å²) in [6.07, 6.45) is 3.60. The van der Waals surface area contributed by atoms with Crippen LogP contribution in [0, 0.1) is 11.3 Å². The molecule has 0 radical (unpaired) electrons. The third-order valence-corrected chi connectivity index (χ3v) is 5.42. The predicted molar refractivity (Wildman–Crippen MR) is 88.9 cm³/mol. The van der Waals surface area contributed by atoms with Crippen molar-refractivity contribution in [2.75, 3.05) is 4.90 Å². The predicted octanol–water partition coefficient (Wildman–Crippen LogP) is 3.76. The van der Waals surface area contributed by atoms with Gasteiger partial charge in [0.15, 0.2) is 0 Å². The Labute approximate surface area is 135 Å². The van der Waals surface area contributed by atoms with Crippen LogP contribution in [-0.4, -0.2) is 12.2 Å². The number of nitrogens with zero attached hydrogens (tertiary/aromatic N) is 1. The first kappa shape index (κ1) is 14.2. The fourth-order valence-corrected chi connectivity index (χ4v) is 4.44. The van der Waals surface area contributed by atoms with Crippen molar-refractivity contribution in [1.29, 1.82) is 0 Å². The number of rotatable bonds is 3. The summed E-state index contributed by atoms with van der Waals surface area (Å²) < 4.78 is 0. The number of anilines is 1. The van der Waals surface area contributed by atoms with E-state index in [9.17, 15) is 9.59 Å². The second kappa shape index (κ2) is 5.34. The minimum atomic E-state index is -0.589. The van der Waals surface area contributed by atoms with Crippen molar-refractivity contribution in [3.63, 3.8) is 0 Å². The Hall–Kier alpha value is -2.42. The van der Waals surface area contributed by atoms with E-state index in [2.05, 4.69) is 0 Å². The number of hydrogen-bond acceptors (Lipinski definition) is 2. The summed E-state index contributed by atoms with van der Waals surface area (Å²) in [5, 5.41) is 0. The molecule has 4 rings (SSSR count). The minimum Gasteiger partial charge on any atom is -0.304 e. The zero-order valence-electron chi connectivity index (χ0n) is 12.9. The Morgan fingerprint density at radius 1 is 1.00 bits per heavy atom. The van der Waals surface area contributed by atoms with E-state index in [0.29, 0.717) is 0 Å². The van der Waals surface area contributed by atoms with E-state index < -0.39 is 5.41 Å². The Balaban J connectivity index is 1.91. The maximum absolute atomic E-state index is 13.1. The molecule has 2 aromatic rings. The Morgan fingerprint density at radius 3 is 2.30 bits per heavy atom. The molecule has 0 spiro atoms. The van der Waals surface area contributed by atoms with Gasteiger partial charge in [0.2, 0.25) is 5.91 Å². The highest BCUT2D eigenvalue weighted by atomic mass is 16.2. The summed E-state index contributed by atoms with van der Waals surface area (Å²) >= 11 is 0. The van der Waals surface area contributed by atoms with Crippen LogP contribution >= 0.6 is 0 Å². The normalized spacial score (nSPS) is 29.6. The van der Waals surface area contributed by atoms with Crippen molar-refractivity contribution in [2.24, 2.45) is 11.3 Å². The van der Waals surface area contributed by atoms with Gasteiger partial charge in [-0.1, -0.05) is 55.0 Å². The molecule has 1 saturated heterocycles. The maximum Gasteiger partial charge on any atom is 0.231 e. The summed E-state index contributed by atoms with van der Waals surface area (Å²) in [7, 11) is 0. The topological polar surface area (TPSA) is 37.4 Å². The fourth-order valence-electron chi connectivity index (χ4n) is 4.44. The highest BCUT2D eigenvalue weighted by Crippen LogP contribution is 2.59. The van der Waals surface area contributed by atoms with Crippen LogP contribution in [0.4, 0.5) is 5.69 Å². The number of hydrogen-bond donors (Lipinski definition) is 0. The van der Waals surface area contributed by atoms with E-state index in [1.807, 2.05) is 65.6 Å². The van der Waals surface area contributed by atoms with Crippen molar-refractivity contribution >= 4 is 17.9 Å². The van der Waals surface area contributed by atoms with Crippen molar-refractivity contribution in [2.45, 2.75) is 25.3 Å². The molecular formula is C20H19NO2. The first-order valence-corrected chi connectivity index (χ1v) is 8.17. The van der Waals surface area contributed by atoms with Gasteiger partial charge in [-0.15, -0.1) is 0 Å². The van der Waals surface area contributed by atoms with Crippen molar-refractivity contribution in [1.82, 2.24) is 0 Å². The van der Waals surface area contributed by atoms with Gasteiger partial charge >= 0.3 is 0 Å². The molecule has 3 nitrogen and oxygen atoms in total. The minimum absolute atomic E-state index is 0.0923. The quantitative estimate of drug-likeness (QED) is 0.810. The van der Waals surface area contributed by atoms with E-state index in [4.69, 9.17) is 0 Å². The Morgan fingerprint density at radius 2 is 1.65 bits per heavy atom. The zero-order valence-corrected chi connectivity index (χ0v) is 12.9. The number of carbonyl (C=O) groups excluding carboxylic acids is 2. The van der Waals surface area contributed by atoms with Crippen molar-refractivity contribution in [3.05, 3.63) is 66.2 Å². The molecule has 1 heterocycles. The average molecular weight is 305 g/mol. The summed E-state index contributed by atoms with van der Waals surface area (Å²) in [5.41, 5.74) is 1.33. The van der Waals surface area contributed by atoms with Gasteiger partial charge in [0, 0.05) is 5.69 Å². The molecule has 0 aromatic heterocycles. The second-order valence-corrected chi connectivity index (χ2v) is 6.53. The maximum atomic E-state index is 13.1. The third kappa shape index (κ3) is 1.96. The standard InChI is InChI=1S/C20H19NO2/c22-14-20-13-7-12-17(20)19(23)21(16-10-5-2-6-11-16)18(20)15-8-3-1-4-9-15/h1-6,8-11,14,17-18H,7,12-13H2/t17-,18-,20-/m0/s1. The third-order valence-electron chi connectivity index (χ3n) is 5.42. The lowest BCUT2D eigenvalue weighted by Gasteiger charge is -2.33. The molecule has 3 atom stereocenters. The van der Waals surface area contributed by atoms with E-state index >= 15 is 0 Å². The SMILES string of the molecule is O=C[C@@]12CCC[C@H]1C(=O)N(c1ccccc1)[C@H]2c1ccccc1. The van der Waals surface area contributed by atoms with Crippen LogP contribution in [0.3, 0.4) is 0 Å². The van der Waals surface area contributed by atoms with Gasteiger partial charge in [-0.3, -0.25) is 4.79 Å². The first-order chi connectivity index (χ1) is 11.3. The molecule has 0 bridgehead atoms. The lowest BCUT2D eigenvalue weighted by atomic mass is 9.74. The molecule has 23 heavy (non-hydrogen) atoms. The molecule has 2 aromatic carbocycles. The largest absolute Gasteiger partial charge is 0.304 e. The second-order valence-electron chi connectivity index (χ2n) is 6.53. The van der Waals surface area contributed by atoms with Crippen LogP contribution in [0.5, 0.6) is 0 Å². The lowest BCUT2D eigenvalue weighted by Crippen LogP contribution is -2.34. The zero-order chi connectivity index (χ0) is 15.9. The Bertz CT molecular complexity index is 728. The smallest absolute Gasteiger partial charge is 0.231 e. The molecule has 2 fully saturated rings. The first-order valence-electron chi connectivity index (χ1n) is 8.17. The molecule has 1 saturated carbocycles. The van der Waals surface area contributed by atoms with Gasteiger partial charge in [-0.2, -0.15) is 0 Å². The van der Waals surface area contributed by atoms with E-state index in [0.717, 1.165) is 36.8 Å². The number of benzene rings is 2. The molecule has 0 N–H and O–H groups in total. The number of aldehydes is 1. The molecule has 1 aliphatic heterocycles. The molecule has 0 unspecified atom stereocenters. The summed E-state index contributed by atoms with van der Waals surface area (Å²) in [5.74, 6) is -0.0972. The molecular weight excluding hydrogens is 286 g/mol. The van der Waals surface area contributed by atoms with Gasteiger partial charge in [0.25, 0.3) is 0 Å². The van der Waals surface area contributed by atoms with Gasteiger partial charge < -0.3 is 9.69 Å². The van der Waals surface area contributed by atoms with Gasteiger partial charge in [0.05, 0.1) is 17.4 Å². The van der Waals surface area contributed by atoms with Crippen LogP contribution in [-0.2, 0) is 9.59 Å². The van der Waals surface area contributed by atoms with Crippen molar-refractivity contribution in [3.8, 4) is 0 Å². The van der Waals surface area contributed by atoms with Crippen LogP contribution in [0.25, 0.3) is 0 Å². The van der Waals surface area contributed by atoms with E-state index in [1.165, 1.54) is 0 Å². The van der Waals surface area contributed by atoms with Crippen LogP contribution in [0.2, 0.25) is 0 Å². The fraction of sp³-hybridized carbons (Fsp3) is 0.300. The van der Waals surface area contributed by atoms with Gasteiger partial charge in [0.1, 0.15) is 6.29 Å². The number of para-hydroxylation sites is 1. The van der Waals surface area contributed by atoms with Crippen LogP contribution in [0.1, 0.15) is 30.9 Å². The van der Waals surface area contributed by atoms with Crippen molar-refractivity contribution < 1.29 is 9.59 Å². The van der Waals surface area contributed by atoms with E-state index in [-0.39, 0.29) is 17.9 Å². The molecule has 1 aliphatic carbocycles. The number of amides is 1. The highest BCUT2D eigenvalue weighted by Gasteiger charge is 2.61. The molecule has 3 heteroatoms. The molecule has 1 amide bonds. The monoisotopic (exact) mass is 305 g/mol. The number of fused-ring (bicyclic) bond motifs is 1. The van der Waals surface area contributed by atoms with E-state index in [1.54, 1.807) is 0 Å². The van der Waals surface area contributed by atoms with Crippen LogP contribution < -0.4 is 4.90 Å². The highest BCUT2D eigenvalue weighted by molar-refractivity contribution is 6.02. The summed E-state index contributed by atoms with van der Waals surface area (Å²) in [6, 6.07) is 19.5. The average Bonchev–Trinajstić information content (AvgIpc) is 3.14. The summed E-state index contributed by atoms with van der Waals surface area (Å²) in [4.78, 5) is 27.1. The molecule has 116 valence electrons. The Kier molecular flexibility index (Phi) is 3.29. The number of carbonyl (C=O) groups is 2. The molecule has 2 aliphatic rings. The van der Waals surface area contributed by atoms with Crippen LogP contribution in [0.15, 0.2) is 60.7 Å². The summed E-state index contributed by atoms with van der Waals surface area (Å²) in [6.45, 7) is 0. The van der Waals surface area contributed by atoms with Gasteiger partial charge in [-0.05, 0) is 30.5 Å².